The van der Waals surface area contributed by atoms with Crippen molar-refractivity contribution in [1.82, 2.24) is 4.98 Å². The van der Waals surface area contributed by atoms with Gasteiger partial charge >= 0.3 is 0 Å². The Hall–Kier alpha value is -6.91. The van der Waals surface area contributed by atoms with Crippen molar-refractivity contribution >= 4 is 55.0 Å². The molecule has 4 heteroatoms. The van der Waals surface area contributed by atoms with E-state index in [0.29, 0.717) is 11.4 Å². The molecule has 1 aliphatic carbocycles. The molecule has 4 nitrogen and oxygen atoms in total. The first-order valence-corrected chi connectivity index (χ1v) is 17.1. The second-order valence-corrected chi connectivity index (χ2v) is 12.7. The number of hydrazone groups is 1. The molecule has 0 bridgehead atoms. The molecule has 9 rings (SSSR count). The van der Waals surface area contributed by atoms with E-state index >= 15 is 0 Å². The summed E-state index contributed by atoms with van der Waals surface area (Å²) in [5.41, 5.74) is 14.0. The van der Waals surface area contributed by atoms with Gasteiger partial charge in [0, 0.05) is 12.4 Å². The first-order chi connectivity index (χ1) is 25.2. The number of pyridine rings is 1. The van der Waals surface area contributed by atoms with E-state index in [2.05, 4.69) is 137 Å². The Morgan fingerprint density at radius 1 is 0.510 bits per heavy atom. The molecule has 1 aromatic heterocycles. The summed E-state index contributed by atoms with van der Waals surface area (Å²) < 4.78 is 0. The minimum atomic E-state index is 0.354. The third-order valence-corrected chi connectivity index (χ3v) is 9.65. The van der Waals surface area contributed by atoms with E-state index in [1.54, 1.807) is 6.20 Å². The van der Waals surface area contributed by atoms with Crippen molar-refractivity contribution in [3.05, 3.63) is 188 Å². The van der Waals surface area contributed by atoms with E-state index < -0.39 is 0 Å². The number of nitrogens with zero attached hydrogens (tertiary/aromatic N) is 2. The zero-order chi connectivity index (χ0) is 34.1. The van der Waals surface area contributed by atoms with Crippen molar-refractivity contribution in [2.75, 3.05) is 5.43 Å². The Balaban J connectivity index is 1.09. The number of aromatic nitrogens is 1. The van der Waals surface area contributed by atoms with Crippen LogP contribution in [0.2, 0.25) is 0 Å². The molecule has 0 saturated carbocycles. The molecule has 240 valence electrons. The van der Waals surface area contributed by atoms with Crippen LogP contribution in [0, 0.1) is 5.41 Å². The van der Waals surface area contributed by atoms with Crippen LogP contribution in [0.1, 0.15) is 5.56 Å². The lowest BCUT2D eigenvalue weighted by atomic mass is 9.84. The van der Waals surface area contributed by atoms with Crippen LogP contribution >= 0.6 is 0 Å². The van der Waals surface area contributed by atoms with Gasteiger partial charge in [-0.25, -0.2) is 0 Å². The van der Waals surface area contributed by atoms with Crippen molar-refractivity contribution in [3.63, 3.8) is 0 Å². The molecule has 51 heavy (non-hydrogen) atoms. The van der Waals surface area contributed by atoms with Gasteiger partial charge in [0.25, 0.3) is 0 Å². The highest BCUT2D eigenvalue weighted by Crippen LogP contribution is 2.43. The number of nitrogens with one attached hydrogen (secondary N) is 2. The van der Waals surface area contributed by atoms with Gasteiger partial charge in [0.2, 0.25) is 0 Å². The van der Waals surface area contributed by atoms with Crippen LogP contribution in [-0.2, 0) is 0 Å². The van der Waals surface area contributed by atoms with Gasteiger partial charge in [0.05, 0.1) is 11.4 Å². The van der Waals surface area contributed by atoms with Gasteiger partial charge < -0.3 is 0 Å². The molecular formula is C47H32N4. The van der Waals surface area contributed by atoms with Gasteiger partial charge in [-0.15, -0.1) is 0 Å². The number of hydrogen-bond donors (Lipinski definition) is 2. The third kappa shape index (κ3) is 5.59. The highest BCUT2D eigenvalue weighted by molar-refractivity contribution is 6.52. The largest absolute Gasteiger partial charge is 0.299 e. The maximum atomic E-state index is 8.99. The summed E-state index contributed by atoms with van der Waals surface area (Å²) in [7, 11) is 0. The molecule has 0 radical (unpaired) electrons. The lowest BCUT2D eigenvalue weighted by molar-refractivity contribution is 1.32. The van der Waals surface area contributed by atoms with Crippen molar-refractivity contribution in [2.24, 2.45) is 5.10 Å². The predicted octanol–water partition coefficient (Wildman–Crippen LogP) is 12.0. The monoisotopic (exact) mass is 652 g/mol. The zero-order valence-corrected chi connectivity index (χ0v) is 27.7. The van der Waals surface area contributed by atoms with Crippen LogP contribution in [0.25, 0.3) is 71.3 Å². The highest BCUT2D eigenvalue weighted by atomic mass is 15.3. The van der Waals surface area contributed by atoms with E-state index in [1.807, 2.05) is 54.7 Å². The maximum absolute atomic E-state index is 8.99. The minimum absolute atomic E-state index is 0.354. The topological polar surface area (TPSA) is 61.1 Å². The van der Waals surface area contributed by atoms with Gasteiger partial charge in [-0.1, -0.05) is 133 Å². The van der Waals surface area contributed by atoms with Gasteiger partial charge in [0.15, 0.2) is 0 Å². The Morgan fingerprint density at radius 2 is 1.14 bits per heavy atom. The standard InChI is InChI=1S/C47H32N4/c48-44-29-35(23-26-45(44)51-50-37-24-21-31(22-25-37)36-14-9-27-49-30-36)47-42-18-5-3-16-40(42)46(41-17-4-6-19-43(41)47)34-13-7-12-33(28-34)39-20-8-11-32-10-1-2-15-38(32)39/h1-30,48,50H/b48-44?,51-45-. The number of hydrogen-bond acceptors (Lipinski definition) is 4. The predicted molar refractivity (Wildman–Crippen MR) is 215 cm³/mol. The molecule has 2 N–H and O–H groups in total. The molecule has 8 aromatic rings. The number of benzene rings is 7. The first kappa shape index (κ1) is 30.2. The summed E-state index contributed by atoms with van der Waals surface area (Å²) in [6, 6.07) is 53.3. The summed E-state index contributed by atoms with van der Waals surface area (Å²) in [4.78, 5) is 4.22. The van der Waals surface area contributed by atoms with E-state index in [0.717, 1.165) is 38.7 Å². The average molecular weight is 653 g/mol. The molecule has 1 aliphatic rings. The fourth-order valence-corrected chi connectivity index (χ4v) is 7.25. The number of allylic oxidation sites excluding steroid dienone is 4. The molecule has 0 fully saturated rings. The van der Waals surface area contributed by atoms with E-state index in [1.165, 1.54) is 43.8 Å². The maximum Gasteiger partial charge on any atom is 0.108 e. The fraction of sp³-hybridized carbons (Fsp3) is 0. The zero-order valence-electron chi connectivity index (χ0n) is 27.7. The molecule has 0 amide bonds. The number of anilines is 1. The second-order valence-electron chi connectivity index (χ2n) is 12.7. The number of rotatable bonds is 6. The van der Waals surface area contributed by atoms with Gasteiger partial charge in [-0.05, 0) is 113 Å². The fourth-order valence-electron chi connectivity index (χ4n) is 7.25. The van der Waals surface area contributed by atoms with Crippen LogP contribution in [0.15, 0.2) is 187 Å². The van der Waals surface area contributed by atoms with Gasteiger partial charge in [0.1, 0.15) is 5.71 Å². The summed E-state index contributed by atoms with van der Waals surface area (Å²) >= 11 is 0. The molecule has 0 aliphatic heterocycles. The molecule has 0 spiro atoms. The molecular weight excluding hydrogens is 621 g/mol. The van der Waals surface area contributed by atoms with Crippen molar-refractivity contribution in [2.45, 2.75) is 0 Å². The molecule has 0 atom stereocenters. The smallest absolute Gasteiger partial charge is 0.108 e. The van der Waals surface area contributed by atoms with Crippen LogP contribution in [0.5, 0.6) is 0 Å². The van der Waals surface area contributed by atoms with E-state index in [9.17, 15) is 0 Å². The third-order valence-electron chi connectivity index (χ3n) is 9.65. The Labute approximate surface area is 296 Å². The molecule has 7 aromatic carbocycles. The second kappa shape index (κ2) is 12.8. The van der Waals surface area contributed by atoms with Gasteiger partial charge in [-0.2, -0.15) is 5.10 Å². The van der Waals surface area contributed by atoms with Crippen LogP contribution in [0.4, 0.5) is 5.69 Å². The van der Waals surface area contributed by atoms with E-state index in [-0.39, 0.29) is 0 Å². The SMILES string of the molecule is N=C1C=C(c2c3ccccc3c(-c3cccc(-c4cccc5ccccc45)c3)c3ccccc23)C=C/C1=N/Nc1ccc(-c2cccnc2)cc1. The minimum Gasteiger partial charge on any atom is -0.299 e. The van der Waals surface area contributed by atoms with Crippen LogP contribution in [0.3, 0.4) is 0 Å². The Bertz CT molecular complexity index is 2660. The Morgan fingerprint density at radius 3 is 1.84 bits per heavy atom. The quantitative estimate of drug-likeness (QED) is 0.107. The Kier molecular flexibility index (Phi) is 7.60. The van der Waals surface area contributed by atoms with Crippen LogP contribution < -0.4 is 5.43 Å². The number of fused-ring (bicyclic) bond motifs is 3. The van der Waals surface area contributed by atoms with Gasteiger partial charge in [-0.3, -0.25) is 15.8 Å². The molecule has 1 heterocycles. The normalized spacial score (nSPS) is 13.6. The molecule has 0 saturated heterocycles. The lowest BCUT2D eigenvalue weighted by Crippen LogP contribution is -2.13. The lowest BCUT2D eigenvalue weighted by Gasteiger charge is -2.20. The molecule has 0 unspecified atom stereocenters. The highest BCUT2D eigenvalue weighted by Gasteiger charge is 2.20. The first-order valence-electron chi connectivity index (χ1n) is 17.1. The van der Waals surface area contributed by atoms with E-state index in [4.69, 9.17) is 5.41 Å². The van der Waals surface area contributed by atoms with Crippen molar-refractivity contribution < 1.29 is 0 Å². The average Bonchev–Trinajstić information content (AvgIpc) is 3.20. The summed E-state index contributed by atoms with van der Waals surface area (Å²) in [5.74, 6) is 0. The summed E-state index contributed by atoms with van der Waals surface area (Å²) in [6.07, 6.45) is 9.57. The van der Waals surface area contributed by atoms with Crippen LogP contribution in [-0.4, -0.2) is 16.4 Å². The summed E-state index contributed by atoms with van der Waals surface area (Å²) in [5, 5.41) is 20.7. The summed E-state index contributed by atoms with van der Waals surface area (Å²) in [6.45, 7) is 0. The van der Waals surface area contributed by atoms with Crippen molar-refractivity contribution in [1.29, 1.82) is 5.41 Å². The van der Waals surface area contributed by atoms with Crippen molar-refractivity contribution in [3.8, 4) is 33.4 Å².